The molecule has 0 aromatic rings. The van der Waals surface area contributed by atoms with Crippen molar-refractivity contribution in [2.75, 3.05) is 13.1 Å². The van der Waals surface area contributed by atoms with E-state index in [9.17, 15) is 9.59 Å². The lowest BCUT2D eigenvalue weighted by Crippen LogP contribution is -2.32. The number of unbranched alkanes of at least 4 members (excludes halogenated alkanes) is 15. The number of amides is 2. The van der Waals surface area contributed by atoms with Crippen LogP contribution < -0.4 is 5.73 Å². The zero-order chi connectivity index (χ0) is 22.3. The number of hydrogen-bond donors (Lipinski definition) is 1. The van der Waals surface area contributed by atoms with Crippen molar-refractivity contribution in [1.82, 2.24) is 4.90 Å². The Labute approximate surface area is 187 Å². The predicted molar refractivity (Wildman–Crippen MR) is 129 cm³/mol. The summed E-state index contributed by atoms with van der Waals surface area (Å²) >= 11 is 0. The molecule has 0 aliphatic rings. The molecule has 0 aromatic carbocycles. The Morgan fingerprint density at radius 1 is 0.533 bits per heavy atom. The molecule has 2 amide bonds. The third kappa shape index (κ3) is 20.2. The Hall–Kier alpha value is -1.06. The van der Waals surface area contributed by atoms with Gasteiger partial charge in [-0.1, -0.05) is 104 Å². The fraction of sp³-hybridized carbons (Fsp3) is 0.923. The molecular weight excluding hydrogens is 372 g/mol. The minimum Gasteiger partial charge on any atom is -0.370 e. The van der Waals surface area contributed by atoms with Crippen molar-refractivity contribution >= 4 is 11.8 Å². The first-order valence-electron chi connectivity index (χ1n) is 13.2. The second-order valence-electron chi connectivity index (χ2n) is 9.00. The minimum absolute atomic E-state index is 0.252. The number of carbonyl (C=O) groups is 2. The molecule has 0 radical (unpaired) electrons. The van der Waals surface area contributed by atoms with E-state index in [1.165, 1.54) is 83.5 Å². The molecule has 2 N–H and O–H groups in total. The number of nitrogens with two attached hydrogens (primary N) is 1. The van der Waals surface area contributed by atoms with Crippen LogP contribution in [0.15, 0.2) is 0 Å². The molecule has 0 saturated carbocycles. The molecule has 0 rings (SSSR count). The SMILES string of the molecule is CCCCCCCCCCCCCCCCN(CCCC)C(=O)CCCCC(N)=O. The van der Waals surface area contributed by atoms with E-state index >= 15 is 0 Å². The fourth-order valence-electron chi connectivity index (χ4n) is 3.94. The van der Waals surface area contributed by atoms with Gasteiger partial charge in [0.25, 0.3) is 0 Å². The predicted octanol–water partition coefficient (Wildman–Crippen LogP) is 7.14. The lowest BCUT2D eigenvalue weighted by molar-refractivity contribution is -0.131. The molecule has 0 saturated heterocycles. The quantitative estimate of drug-likeness (QED) is 0.177. The molecule has 0 spiro atoms. The summed E-state index contributed by atoms with van der Waals surface area (Å²) in [5, 5.41) is 0. The van der Waals surface area contributed by atoms with Crippen molar-refractivity contribution in [1.29, 1.82) is 0 Å². The van der Waals surface area contributed by atoms with Crippen LogP contribution in [-0.4, -0.2) is 29.8 Å². The molecule has 30 heavy (non-hydrogen) atoms. The van der Waals surface area contributed by atoms with Gasteiger partial charge in [0.1, 0.15) is 0 Å². The summed E-state index contributed by atoms with van der Waals surface area (Å²) in [6.45, 7) is 6.22. The van der Waals surface area contributed by atoms with Gasteiger partial charge in [0.05, 0.1) is 0 Å². The number of rotatable bonds is 23. The van der Waals surface area contributed by atoms with Crippen molar-refractivity contribution in [2.45, 2.75) is 142 Å². The van der Waals surface area contributed by atoms with Gasteiger partial charge >= 0.3 is 0 Å². The highest BCUT2D eigenvalue weighted by Gasteiger charge is 2.12. The van der Waals surface area contributed by atoms with Gasteiger partial charge in [-0.25, -0.2) is 0 Å². The Morgan fingerprint density at radius 2 is 0.933 bits per heavy atom. The van der Waals surface area contributed by atoms with E-state index in [1.807, 2.05) is 4.90 Å². The number of hydrogen-bond acceptors (Lipinski definition) is 2. The average molecular weight is 425 g/mol. The summed E-state index contributed by atoms with van der Waals surface area (Å²) < 4.78 is 0. The van der Waals surface area contributed by atoms with Gasteiger partial charge in [0.2, 0.25) is 11.8 Å². The topological polar surface area (TPSA) is 63.4 Å². The standard InChI is InChI=1S/C26H52N2O2/c1-3-5-7-8-9-10-11-12-13-14-15-16-17-20-24-28(23-6-4-2)26(30)22-19-18-21-25(27)29/h3-24H2,1-2H3,(H2,27,29). The molecule has 0 aromatic heterocycles. The van der Waals surface area contributed by atoms with Crippen LogP contribution in [0, 0.1) is 0 Å². The summed E-state index contributed by atoms with van der Waals surface area (Å²) in [7, 11) is 0. The summed E-state index contributed by atoms with van der Waals surface area (Å²) in [5.74, 6) is -0.0182. The first kappa shape index (κ1) is 28.9. The Kier molecular flexibility index (Phi) is 21.8. The maximum Gasteiger partial charge on any atom is 0.222 e. The number of primary amides is 1. The lowest BCUT2D eigenvalue weighted by Gasteiger charge is -2.22. The molecule has 0 unspecified atom stereocenters. The van der Waals surface area contributed by atoms with E-state index in [-0.39, 0.29) is 11.8 Å². The van der Waals surface area contributed by atoms with Gasteiger partial charge in [-0.05, 0) is 25.7 Å². The van der Waals surface area contributed by atoms with Gasteiger partial charge in [0, 0.05) is 25.9 Å². The highest BCUT2D eigenvalue weighted by Crippen LogP contribution is 2.13. The smallest absolute Gasteiger partial charge is 0.222 e. The van der Waals surface area contributed by atoms with E-state index in [2.05, 4.69) is 13.8 Å². The van der Waals surface area contributed by atoms with Crippen molar-refractivity contribution in [2.24, 2.45) is 5.73 Å². The van der Waals surface area contributed by atoms with Crippen LogP contribution in [0.1, 0.15) is 142 Å². The largest absolute Gasteiger partial charge is 0.370 e. The average Bonchev–Trinajstić information content (AvgIpc) is 2.73. The van der Waals surface area contributed by atoms with Crippen LogP contribution in [0.5, 0.6) is 0 Å². The minimum atomic E-state index is -0.271. The third-order valence-corrected chi connectivity index (χ3v) is 5.98. The number of nitrogens with zero attached hydrogens (tertiary/aromatic N) is 1. The zero-order valence-corrected chi connectivity index (χ0v) is 20.4. The molecule has 4 nitrogen and oxygen atoms in total. The van der Waals surface area contributed by atoms with E-state index in [1.54, 1.807) is 0 Å². The van der Waals surface area contributed by atoms with Crippen LogP contribution in [-0.2, 0) is 9.59 Å². The van der Waals surface area contributed by atoms with Crippen LogP contribution in [0.25, 0.3) is 0 Å². The van der Waals surface area contributed by atoms with E-state index in [4.69, 9.17) is 5.73 Å². The maximum absolute atomic E-state index is 12.5. The van der Waals surface area contributed by atoms with Crippen LogP contribution in [0.4, 0.5) is 0 Å². The molecule has 4 heteroatoms. The number of carbonyl (C=O) groups excluding carboxylic acids is 2. The van der Waals surface area contributed by atoms with Crippen molar-refractivity contribution in [3.8, 4) is 0 Å². The molecule has 0 aliphatic heterocycles. The van der Waals surface area contributed by atoms with Crippen LogP contribution in [0.3, 0.4) is 0 Å². The molecule has 0 atom stereocenters. The van der Waals surface area contributed by atoms with Crippen LogP contribution in [0.2, 0.25) is 0 Å². The first-order valence-corrected chi connectivity index (χ1v) is 13.2. The molecule has 0 bridgehead atoms. The molecular formula is C26H52N2O2. The highest BCUT2D eigenvalue weighted by molar-refractivity contribution is 5.76. The molecule has 0 fully saturated rings. The Bertz CT molecular complexity index is 398. The fourth-order valence-corrected chi connectivity index (χ4v) is 3.94. The van der Waals surface area contributed by atoms with Gasteiger partial charge in [-0.15, -0.1) is 0 Å². The molecule has 178 valence electrons. The van der Waals surface area contributed by atoms with E-state index in [0.29, 0.717) is 12.8 Å². The van der Waals surface area contributed by atoms with Gasteiger partial charge in [-0.3, -0.25) is 9.59 Å². The summed E-state index contributed by atoms with van der Waals surface area (Å²) in [5.41, 5.74) is 5.17. The van der Waals surface area contributed by atoms with E-state index in [0.717, 1.165) is 45.2 Å². The first-order chi connectivity index (χ1) is 14.6. The Balaban J connectivity index is 3.64. The second-order valence-corrected chi connectivity index (χ2v) is 9.00. The summed E-state index contributed by atoms with van der Waals surface area (Å²) in [4.78, 5) is 25.3. The molecule has 0 aliphatic carbocycles. The maximum atomic E-state index is 12.5. The Morgan fingerprint density at radius 3 is 1.40 bits per heavy atom. The zero-order valence-electron chi connectivity index (χ0n) is 20.4. The van der Waals surface area contributed by atoms with Crippen LogP contribution >= 0.6 is 0 Å². The third-order valence-electron chi connectivity index (χ3n) is 5.98. The van der Waals surface area contributed by atoms with Crippen molar-refractivity contribution < 1.29 is 9.59 Å². The summed E-state index contributed by atoms with van der Waals surface area (Å²) in [6, 6.07) is 0. The van der Waals surface area contributed by atoms with E-state index < -0.39 is 0 Å². The normalized spacial score (nSPS) is 11.0. The molecule has 0 heterocycles. The van der Waals surface area contributed by atoms with Gasteiger partial charge in [-0.2, -0.15) is 0 Å². The van der Waals surface area contributed by atoms with Gasteiger partial charge in [0.15, 0.2) is 0 Å². The highest BCUT2D eigenvalue weighted by atomic mass is 16.2. The lowest BCUT2D eigenvalue weighted by atomic mass is 10.0. The van der Waals surface area contributed by atoms with Crippen molar-refractivity contribution in [3.63, 3.8) is 0 Å². The summed E-state index contributed by atoms with van der Waals surface area (Å²) in [6.07, 6.45) is 23.6. The second kappa shape index (κ2) is 22.6. The van der Waals surface area contributed by atoms with Gasteiger partial charge < -0.3 is 10.6 Å². The monoisotopic (exact) mass is 424 g/mol. The van der Waals surface area contributed by atoms with Crippen molar-refractivity contribution in [3.05, 3.63) is 0 Å².